The molecule has 5 aromatic carbocycles. The lowest BCUT2D eigenvalue weighted by Gasteiger charge is -2.09. The summed E-state index contributed by atoms with van der Waals surface area (Å²) >= 11 is 0. The monoisotopic (exact) mass is 500 g/mol. The summed E-state index contributed by atoms with van der Waals surface area (Å²) in [4.78, 5) is 0. The Kier molecular flexibility index (Phi) is 5.53. The Balaban J connectivity index is 1.43. The highest BCUT2D eigenvalue weighted by Crippen LogP contribution is 2.36. The molecule has 7 rings (SSSR count). The van der Waals surface area contributed by atoms with E-state index in [1.165, 1.54) is 55.1 Å². The summed E-state index contributed by atoms with van der Waals surface area (Å²) < 4.78 is 4.66. The van der Waals surface area contributed by atoms with Gasteiger partial charge < -0.3 is 9.13 Å². The SMILES string of the molecule is C=Cc1c(/C=C(\C)c2ccc3c(c2)c2ccccc2n3-c2ccccc2)c2ccccc2n1-c1ccccc1. The normalized spacial score (nSPS) is 12.0. The van der Waals surface area contributed by atoms with E-state index in [1.807, 2.05) is 6.08 Å². The van der Waals surface area contributed by atoms with Crippen LogP contribution in [0.25, 0.3) is 61.8 Å². The molecular formula is C37H28N2. The molecule has 39 heavy (non-hydrogen) atoms. The van der Waals surface area contributed by atoms with E-state index >= 15 is 0 Å². The molecule has 2 heteroatoms. The predicted molar refractivity (Wildman–Crippen MR) is 168 cm³/mol. The first-order chi connectivity index (χ1) is 19.2. The van der Waals surface area contributed by atoms with Crippen molar-refractivity contribution in [2.24, 2.45) is 0 Å². The topological polar surface area (TPSA) is 9.86 Å². The fraction of sp³-hybridized carbons (Fsp3) is 0.0270. The Morgan fingerprint density at radius 2 is 1.10 bits per heavy atom. The Labute approximate surface area is 228 Å². The van der Waals surface area contributed by atoms with Crippen LogP contribution in [0.5, 0.6) is 0 Å². The second-order valence-corrected chi connectivity index (χ2v) is 9.94. The molecule has 0 saturated carbocycles. The quantitative estimate of drug-likeness (QED) is 0.222. The molecule has 0 atom stereocenters. The van der Waals surface area contributed by atoms with Gasteiger partial charge in [-0.1, -0.05) is 85.4 Å². The van der Waals surface area contributed by atoms with E-state index < -0.39 is 0 Å². The van der Waals surface area contributed by atoms with Crippen molar-refractivity contribution in [3.05, 3.63) is 151 Å². The van der Waals surface area contributed by atoms with Crippen molar-refractivity contribution in [3.8, 4) is 11.4 Å². The average Bonchev–Trinajstić information content (AvgIpc) is 3.50. The van der Waals surface area contributed by atoms with Crippen molar-refractivity contribution < 1.29 is 0 Å². The van der Waals surface area contributed by atoms with Crippen LogP contribution in [0, 0.1) is 0 Å². The van der Waals surface area contributed by atoms with Crippen LogP contribution >= 0.6 is 0 Å². The van der Waals surface area contributed by atoms with Gasteiger partial charge in [-0.15, -0.1) is 0 Å². The maximum atomic E-state index is 4.21. The van der Waals surface area contributed by atoms with Crippen LogP contribution in [0.15, 0.2) is 134 Å². The Morgan fingerprint density at radius 1 is 0.564 bits per heavy atom. The summed E-state index contributed by atoms with van der Waals surface area (Å²) in [7, 11) is 0. The number of nitrogens with zero attached hydrogens (tertiary/aromatic N) is 2. The number of hydrogen-bond acceptors (Lipinski definition) is 0. The average molecular weight is 501 g/mol. The van der Waals surface area contributed by atoms with Gasteiger partial charge >= 0.3 is 0 Å². The zero-order chi connectivity index (χ0) is 26.3. The van der Waals surface area contributed by atoms with Gasteiger partial charge in [0.15, 0.2) is 0 Å². The molecule has 0 fully saturated rings. The molecule has 186 valence electrons. The fourth-order valence-corrected chi connectivity index (χ4v) is 5.87. The molecule has 0 saturated heterocycles. The van der Waals surface area contributed by atoms with E-state index in [0.717, 1.165) is 11.4 Å². The van der Waals surface area contributed by atoms with Gasteiger partial charge in [-0.05, 0) is 78.7 Å². The van der Waals surface area contributed by atoms with Crippen molar-refractivity contribution in [2.45, 2.75) is 6.92 Å². The molecule has 0 bridgehead atoms. The first kappa shape index (κ1) is 23.1. The van der Waals surface area contributed by atoms with Gasteiger partial charge in [-0.3, -0.25) is 0 Å². The molecule has 0 spiro atoms. The van der Waals surface area contributed by atoms with Crippen LogP contribution < -0.4 is 0 Å². The van der Waals surface area contributed by atoms with Crippen LogP contribution in [-0.4, -0.2) is 9.13 Å². The van der Waals surface area contributed by atoms with Gasteiger partial charge in [0.2, 0.25) is 0 Å². The predicted octanol–water partition coefficient (Wildman–Crippen LogP) is 9.93. The van der Waals surface area contributed by atoms with Crippen LogP contribution in [-0.2, 0) is 0 Å². The number of hydrogen-bond donors (Lipinski definition) is 0. The molecule has 0 radical (unpaired) electrons. The maximum absolute atomic E-state index is 4.21. The molecule has 7 aromatic rings. The molecule has 0 N–H and O–H groups in total. The van der Waals surface area contributed by atoms with E-state index in [-0.39, 0.29) is 0 Å². The van der Waals surface area contributed by atoms with Gasteiger partial charge in [0, 0.05) is 33.1 Å². The number of rotatable bonds is 5. The lowest BCUT2D eigenvalue weighted by atomic mass is 10.0. The van der Waals surface area contributed by atoms with E-state index in [4.69, 9.17) is 0 Å². The minimum atomic E-state index is 1.10. The molecule has 0 aliphatic rings. The Bertz CT molecular complexity index is 2020. The van der Waals surface area contributed by atoms with Crippen LogP contribution in [0.2, 0.25) is 0 Å². The molecular weight excluding hydrogens is 472 g/mol. The molecule has 0 aliphatic heterocycles. The molecule has 2 aromatic heterocycles. The van der Waals surface area contributed by atoms with Crippen LogP contribution in [0.3, 0.4) is 0 Å². The number of fused-ring (bicyclic) bond motifs is 4. The third-order valence-electron chi connectivity index (χ3n) is 7.66. The second-order valence-electron chi connectivity index (χ2n) is 9.94. The highest BCUT2D eigenvalue weighted by Gasteiger charge is 2.16. The first-order valence-electron chi connectivity index (χ1n) is 13.3. The largest absolute Gasteiger partial charge is 0.309 e. The highest BCUT2D eigenvalue weighted by atomic mass is 15.0. The Morgan fingerprint density at radius 3 is 1.77 bits per heavy atom. The minimum absolute atomic E-state index is 1.10. The third kappa shape index (κ3) is 3.72. The maximum Gasteiger partial charge on any atom is 0.0541 e. The first-order valence-corrected chi connectivity index (χ1v) is 13.3. The van der Waals surface area contributed by atoms with E-state index in [9.17, 15) is 0 Å². The third-order valence-corrected chi connectivity index (χ3v) is 7.66. The fourth-order valence-electron chi connectivity index (χ4n) is 5.87. The Hall–Kier alpha value is -5.08. The van der Waals surface area contributed by atoms with Crippen molar-refractivity contribution in [3.63, 3.8) is 0 Å². The number of allylic oxidation sites excluding steroid dienone is 1. The van der Waals surface area contributed by atoms with Crippen molar-refractivity contribution in [1.82, 2.24) is 9.13 Å². The van der Waals surface area contributed by atoms with Gasteiger partial charge in [-0.2, -0.15) is 0 Å². The standard InChI is InChI=1S/C37H28N2/c1-3-34-32(30-18-10-12-20-35(30)38(34)28-14-6-4-7-15-28)24-26(2)27-22-23-37-33(25-27)31-19-11-13-21-36(31)39(37)29-16-8-5-9-17-29/h3-25H,1H2,2H3/b26-24+. The summed E-state index contributed by atoms with van der Waals surface area (Å²) in [5, 5.41) is 3.74. The summed E-state index contributed by atoms with van der Waals surface area (Å²) in [6.07, 6.45) is 4.29. The molecule has 2 nitrogen and oxygen atoms in total. The molecule has 0 unspecified atom stereocenters. The zero-order valence-corrected chi connectivity index (χ0v) is 21.9. The van der Waals surface area contributed by atoms with Crippen molar-refractivity contribution >= 4 is 50.4 Å². The van der Waals surface area contributed by atoms with Gasteiger partial charge in [-0.25, -0.2) is 0 Å². The van der Waals surface area contributed by atoms with Gasteiger partial charge in [0.25, 0.3) is 0 Å². The molecule has 2 heterocycles. The van der Waals surface area contributed by atoms with Gasteiger partial charge in [0.1, 0.15) is 0 Å². The zero-order valence-electron chi connectivity index (χ0n) is 21.9. The summed E-state index contributed by atoms with van der Waals surface area (Å²) in [5.41, 5.74) is 10.6. The minimum Gasteiger partial charge on any atom is -0.309 e. The lowest BCUT2D eigenvalue weighted by Crippen LogP contribution is -1.96. The number of aromatic nitrogens is 2. The number of para-hydroxylation sites is 4. The summed E-state index contributed by atoms with van der Waals surface area (Å²) in [6.45, 7) is 6.41. The van der Waals surface area contributed by atoms with Gasteiger partial charge in [0.05, 0.1) is 22.2 Å². The van der Waals surface area contributed by atoms with E-state index in [2.05, 4.69) is 156 Å². The van der Waals surface area contributed by atoms with E-state index in [0.29, 0.717) is 0 Å². The van der Waals surface area contributed by atoms with Crippen molar-refractivity contribution in [2.75, 3.05) is 0 Å². The smallest absolute Gasteiger partial charge is 0.0541 e. The van der Waals surface area contributed by atoms with Crippen LogP contribution in [0.1, 0.15) is 23.7 Å². The van der Waals surface area contributed by atoms with Crippen LogP contribution in [0.4, 0.5) is 0 Å². The van der Waals surface area contributed by atoms with Crippen molar-refractivity contribution in [1.29, 1.82) is 0 Å². The highest BCUT2D eigenvalue weighted by molar-refractivity contribution is 6.10. The lowest BCUT2D eigenvalue weighted by molar-refractivity contribution is 1.11. The summed E-state index contributed by atoms with van der Waals surface area (Å²) in [6, 6.07) is 45.3. The second kappa shape index (κ2) is 9.34. The summed E-state index contributed by atoms with van der Waals surface area (Å²) in [5.74, 6) is 0. The van der Waals surface area contributed by atoms with E-state index in [1.54, 1.807) is 0 Å². The number of benzene rings is 5. The molecule has 0 aliphatic carbocycles. The molecule has 0 amide bonds.